The average molecular weight is 535 g/mol. The van der Waals surface area contributed by atoms with Gasteiger partial charge >= 0.3 is 12.2 Å². The SMILES string of the molecule is NC(=O)OC(=O)N1CCCCC1CN(c1cccc(COc2cccc(Cl)c2)c1)c1ncnc2[nH]ccc12. The lowest BCUT2D eigenvalue weighted by molar-refractivity contribution is 0.0947. The first-order valence-corrected chi connectivity index (χ1v) is 12.7. The van der Waals surface area contributed by atoms with Crippen LogP contribution in [0.4, 0.5) is 21.1 Å². The van der Waals surface area contributed by atoms with Crippen molar-refractivity contribution in [2.75, 3.05) is 18.0 Å². The number of aromatic amines is 1. The molecule has 0 spiro atoms. The van der Waals surface area contributed by atoms with E-state index in [0.717, 1.165) is 35.9 Å². The number of piperidine rings is 1. The van der Waals surface area contributed by atoms with Crippen molar-refractivity contribution < 1.29 is 19.1 Å². The molecule has 3 heterocycles. The van der Waals surface area contributed by atoms with E-state index in [1.165, 1.54) is 6.33 Å². The molecule has 2 amide bonds. The molecular formula is C27H27ClN6O4. The third kappa shape index (κ3) is 5.81. The van der Waals surface area contributed by atoms with Crippen LogP contribution in [0.25, 0.3) is 11.0 Å². The van der Waals surface area contributed by atoms with E-state index in [1.807, 2.05) is 48.7 Å². The highest BCUT2D eigenvalue weighted by atomic mass is 35.5. The monoisotopic (exact) mass is 534 g/mol. The third-order valence-electron chi connectivity index (χ3n) is 6.46. The van der Waals surface area contributed by atoms with Crippen LogP contribution in [-0.4, -0.2) is 51.2 Å². The molecule has 196 valence electrons. The summed E-state index contributed by atoms with van der Waals surface area (Å²) in [6, 6.07) is 16.9. The summed E-state index contributed by atoms with van der Waals surface area (Å²) >= 11 is 6.09. The number of benzene rings is 2. The Balaban J connectivity index is 1.46. The minimum Gasteiger partial charge on any atom is -0.489 e. The topological polar surface area (TPSA) is 127 Å². The molecule has 3 N–H and O–H groups in total. The summed E-state index contributed by atoms with van der Waals surface area (Å²) in [6.07, 6.45) is 3.96. The van der Waals surface area contributed by atoms with Gasteiger partial charge in [-0.1, -0.05) is 29.8 Å². The van der Waals surface area contributed by atoms with Gasteiger partial charge in [0, 0.05) is 30.0 Å². The maximum atomic E-state index is 12.7. The number of hydrogen-bond donors (Lipinski definition) is 2. The molecule has 11 heteroatoms. The van der Waals surface area contributed by atoms with Crippen molar-refractivity contribution in [2.45, 2.75) is 31.9 Å². The van der Waals surface area contributed by atoms with Crippen molar-refractivity contribution in [3.05, 3.63) is 77.7 Å². The van der Waals surface area contributed by atoms with E-state index in [0.29, 0.717) is 41.9 Å². The molecule has 0 radical (unpaired) electrons. The number of halogens is 1. The zero-order chi connectivity index (χ0) is 26.5. The van der Waals surface area contributed by atoms with E-state index in [4.69, 9.17) is 26.8 Å². The Kier molecular flexibility index (Phi) is 7.60. The molecular weight excluding hydrogens is 508 g/mol. The van der Waals surface area contributed by atoms with Crippen molar-refractivity contribution in [2.24, 2.45) is 5.73 Å². The zero-order valence-corrected chi connectivity index (χ0v) is 21.3. The van der Waals surface area contributed by atoms with Crippen LogP contribution in [0.3, 0.4) is 0 Å². The molecule has 0 bridgehead atoms. The van der Waals surface area contributed by atoms with E-state index in [9.17, 15) is 9.59 Å². The lowest BCUT2D eigenvalue weighted by Gasteiger charge is -2.38. The highest BCUT2D eigenvalue weighted by molar-refractivity contribution is 6.30. The van der Waals surface area contributed by atoms with Gasteiger partial charge in [-0.2, -0.15) is 0 Å². The van der Waals surface area contributed by atoms with Gasteiger partial charge in [-0.25, -0.2) is 19.6 Å². The summed E-state index contributed by atoms with van der Waals surface area (Å²) in [6.45, 7) is 1.23. The van der Waals surface area contributed by atoms with Crippen molar-refractivity contribution >= 4 is 46.3 Å². The molecule has 1 fully saturated rings. The lowest BCUT2D eigenvalue weighted by atomic mass is 10.0. The normalized spacial score (nSPS) is 15.3. The average Bonchev–Trinajstić information content (AvgIpc) is 3.40. The quantitative estimate of drug-likeness (QED) is 0.304. The van der Waals surface area contributed by atoms with Gasteiger partial charge in [0.2, 0.25) is 0 Å². The number of nitrogens with two attached hydrogens (primary N) is 1. The Morgan fingerprint density at radius 3 is 2.84 bits per heavy atom. The van der Waals surface area contributed by atoms with E-state index >= 15 is 0 Å². The summed E-state index contributed by atoms with van der Waals surface area (Å²) in [5, 5.41) is 1.45. The highest BCUT2D eigenvalue weighted by Crippen LogP contribution is 2.32. The van der Waals surface area contributed by atoms with Crippen molar-refractivity contribution in [1.29, 1.82) is 0 Å². The molecule has 1 aliphatic heterocycles. The minimum absolute atomic E-state index is 0.231. The fraction of sp³-hybridized carbons (Fsp3) is 0.259. The molecule has 0 saturated carbocycles. The van der Waals surface area contributed by atoms with E-state index in [2.05, 4.69) is 19.9 Å². The second kappa shape index (κ2) is 11.4. The summed E-state index contributed by atoms with van der Waals surface area (Å²) in [5.41, 5.74) is 7.63. The van der Waals surface area contributed by atoms with Crippen LogP contribution in [0, 0.1) is 0 Å². The number of hydrogen-bond acceptors (Lipinski definition) is 7. The number of carbonyl (C=O) groups is 2. The number of fused-ring (bicyclic) bond motifs is 1. The van der Waals surface area contributed by atoms with Gasteiger partial charge < -0.3 is 30.0 Å². The number of carbonyl (C=O) groups excluding carboxylic acids is 2. The zero-order valence-electron chi connectivity index (χ0n) is 20.5. The van der Waals surface area contributed by atoms with Crippen LogP contribution in [0.5, 0.6) is 5.75 Å². The Hall–Kier alpha value is -4.31. The minimum atomic E-state index is -1.12. The number of rotatable bonds is 7. The standard InChI is InChI=1S/C27H27ClN6O4/c28-19-6-4-9-22(14-19)37-16-18-5-3-8-20(13-18)34(25-23-10-11-30-24(23)31-17-32-25)15-21-7-1-2-12-33(21)27(36)38-26(29)35/h3-6,8-11,13-14,17,21H,1-2,7,12,15-16H2,(H2,29,35)(H,30,31,32). The molecule has 1 aliphatic rings. The Morgan fingerprint density at radius 1 is 1.13 bits per heavy atom. The van der Waals surface area contributed by atoms with Crippen LogP contribution >= 0.6 is 11.6 Å². The van der Waals surface area contributed by atoms with Crippen molar-refractivity contribution in [3.63, 3.8) is 0 Å². The highest BCUT2D eigenvalue weighted by Gasteiger charge is 2.31. The number of primary amides is 1. The van der Waals surface area contributed by atoms with Gasteiger partial charge in [0.05, 0.1) is 11.4 Å². The molecule has 1 saturated heterocycles. The second-order valence-corrected chi connectivity index (χ2v) is 9.43. The fourth-order valence-corrected chi connectivity index (χ4v) is 4.89. The third-order valence-corrected chi connectivity index (χ3v) is 6.69. The summed E-state index contributed by atoms with van der Waals surface area (Å²) in [7, 11) is 0. The molecule has 2 aromatic heterocycles. The van der Waals surface area contributed by atoms with E-state index in [1.54, 1.807) is 17.0 Å². The molecule has 5 rings (SSSR count). The first kappa shape index (κ1) is 25.3. The van der Waals surface area contributed by atoms with E-state index in [-0.39, 0.29) is 6.04 Å². The van der Waals surface area contributed by atoms with Gasteiger partial charge in [-0.15, -0.1) is 0 Å². The number of nitrogens with zero attached hydrogens (tertiary/aromatic N) is 4. The summed E-state index contributed by atoms with van der Waals surface area (Å²) < 4.78 is 10.7. The van der Waals surface area contributed by atoms with Crippen LogP contribution < -0.4 is 15.4 Å². The molecule has 1 atom stereocenters. The number of aromatic nitrogens is 3. The Labute approximate surface area is 224 Å². The number of anilines is 2. The van der Waals surface area contributed by atoms with Crippen LogP contribution in [0.2, 0.25) is 5.02 Å². The van der Waals surface area contributed by atoms with Gasteiger partial charge in [-0.05, 0) is 61.2 Å². The van der Waals surface area contributed by atoms with Gasteiger partial charge in [0.1, 0.15) is 30.1 Å². The van der Waals surface area contributed by atoms with Crippen LogP contribution in [0.1, 0.15) is 24.8 Å². The lowest BCUT2D eigenvalue weighted by Crippen LogP contribution is -2.49. The van der Waals surface area contributed by atoms with Gasteiger partial charge in [0.25, 0.3) is 0 Å². The molecule has 10 nitrogen and oxygen atoms in total. The van der Waals surface area contributed by atoms with Crippen molar-refractivity contribution in [1.82, 2.24) is 19.9 Å². The number of nitrogens with one attached hydrogen (secondary N) is 1. The van der Waals surface area contributed by atoms with Crippen LogP contribution in [-0.2, 0) is 11.3 Å². The maximum Gasteiger partial charge on any atom is 0.419 e. The fourth-order valence-electron chi connectivity index (χ4n) is 4.71. The summed E-state index contributed by atoms with van der Waals surface area (Å²) in [4.78, 5) is 39.6. The predicted octanol–water partition coefficient (Wildman–Crippen LogP) is 5.40. The largest absolute Gasteiger partial charge is 0.489 e. The number of likely N-dealkylation sites (tertiary alicyclic amines) is 1. The molecule has 4 aromatic rings. The second-order valence-electron chi connectivity index (χ2n) is 8.99. The smallest absolute Gasteiger partial charge is 0.419 e. The Bertz CT molecular complexity index is 1440. The van der Waals surface area contributed by atoms with Gasteiger partial charge in [-0.3, -0.25) is 0 Å². The molecule has 38 heavy (non-hydrogen) atoms. The van der Waals surface area contributed by atoms with Crippen molar-refractivity contribution in [3.8, 4) is 5.75 Å². The molecule has 0 aliphatic carbocycles. The molecule has 2 aromatic carbocycles. The van der Waals surface area contributed by atoms with Gasteiger partial charge in [0.15, 0.2) is 0 Å². The Morgan fingerprint density at radius 2 is 2.00 bits per heavy atom. The first-order chi connectivity index (χ1) is 18.5. The first-order valence-electron chi connectivity index (χ1n) is 12.3. The maximum absolute atomic E-state index is 12.7. The predicted molar refractivity (Wildman–Crippen MR) is 144 cm³/mol. The number of amides is 2. The number of ether oxygens (including phenoxy) is 2. The summed E-state index contributed by atoms with van der Waals surface area (Å²) in [5.74, 6) is 1.37. The van der Waals surface area contributed by atoms with E-state index < -0.39 is 12.2 Å². The van der Waals surface area contributed by atoms with Crippen LogP contribution in [0.15, 0.2) is 67.1 Å². The number of H-pyrrole nitrogens is 1. The molecule has 1 unspecified atom stereocenters.